The molecule has 1 aliphatic heterocycles. The Morgan fingerprint density at radius 3 is 2.85 bits per heavy atom. The number of nitrogens with zero attached hydrogens (tertiary/aromatic N) is 3. The second kappa shape index (κ2) is 7.52. The molecule has 2 aromatic rings. The van der Waals surface area contributed by atoms with Crippen molar-refractivity contribution in [3.63, 3.8) is 0 Å². The summed E-state index contributed by atoms with van der Waals surface area (Å²) >= 11 is 1.06. The molecule has 1 aromatic carbocycles. The van der Waals surface area contributed by atoms with E-state index in [9.17, 15) is 14.4 Å². The summed E-state index contributed by atoms with van der Waals surface area (Å²) in [5.74, 6) is -1.20. The number of aromatic nitrogens is 1. The van der Waals surface area contributed by atoms with E-state index in [-0.39, 0.29) is 18.9 Å². The lowest BCUT2D eigenvalue weighted by Crippen LogP contribution is -2.18. The van der Waals surface area contributed by atoms with Crippen molar-refractivity contribution in [1.82, 2.24) is 4.98 Å². The number of nitrogens with one attached hydrogen (secondary N) is 1. The van der Waals surface area contributed by atoms with E-state index in [1.807, 2.05) is 0 Å². The number of fused-ring (bicyclic) bond motifs is 1. The Labute approximate surface area is 153 Å². The maximum Gasteiger partial charge on any atom is 0.350 e. The van der Waals surface area contributed by atoms with E-state index >= 15 is 0 Å². The molecule has 0 aliphatic carbocycles. The van der Waals surface area contributed by atoms with Crippen molar-refractivity contribution in [2.24, 2.45) is 10.2 Å². The molecular formula is C17H16N4O4S. The summed E-state index contributed by atoms with van der Waals surface area (Å²) in [5.41, 5.74) is 1.62. The SMILES string of the molecule is CCOC(=O)c1sc(NC(=O)CC2N=NC(=O)c3ccccc32)nc1C. The second-order valence-corrected chi connectivity index (χ2v) is 6.53. The first kappa shape index (κ1) is 17.9. The summed E-state index contributed by atoms with van der Waals surface area (Å²) < 4.78 is 4.96. The van der Waals surface area contributed by atoms with Crippen LogP contribution in [0.1, 0.15) is 50.7 Å². The quantitative estimate of drug-likeness (QED) is 0.810. The van der Waals surface area contributed by atoms with Gasteiger partial charge < -0.3 is 10.1 Å². The summed E-state index contributed by atoms with van der Waals surface area (Å²) in [6.45, 7) is 3.66. The van der Waals surface area contributed by atoms with E-state index in [0.29, 0.717) is 26.8 Å². The third-order valence-electron chi connectivity index (χ3n) is 3.72. The van der Waals surface area contributed by atoms with Gasteiger partial charge in [-0.1, -0.05) is 29.5 Å². The van der Waals surface area contributed by atoms with Crippen molar-refractivity contribution in [3.8, 4) is 0 Å². The molecule has 1 unspecified atom stereocenters. The summed E-state index contributed by atoms with van der Waals surface area (Å²) in [4.78, 5) is 40.5. The number of ether oxygens (including phenoxy) is 1. The number of carbonyl (C=O) groups is 3. The van der Waals surface area contributed by atoms with Gasteiger partial charge in [-0.25, -0.2) is 9.78 Å². The summed E-state index contributed by atoms with van der Waals surface area (Å²) in [5, 5.41) is 10.5. The highest BCUT2D eigenvalue weighted by molar-refractivity contribution is 7.17. The predicted molar refractivity (Wildman–Crippen MR) is 94.4 cm³/mol. The number of azo groups is 1. The molecule has 9 heteroatoms. The molecule has 2 heterocycles. The number of carbonyl (C=O) groups excluding carboxylic acids is 3. The molecule has 0 saturated carbocycles. The zero-order valence-corrected chi connectivity index (χ0v) is 15.0. The van der Waals surface area contributed by atoms with Gasteiger partial charge in [0.05, 0.1) is 18.7 Å². The average molecular weight is 372 g/mol. The number of hydrogen-bond donors (Lipinski definition) is 1. The Hall–Kier alpha value is -2.94. The molecule has 1 aliphatic rings. The van der Waals surface area contributed by atoms with Crippen LogP contribution in [0.15, 0.2) is 34.5 Å². The van der Waals surface area contributed by atoms with Gasteiger partial charge in [0.15, 0.2) is 5.13 Å². The van der Waals surface area contributed by atoms with Crippen molar-refractivity contribution in [2.45, 2.75) is 26.3 Å². The minimum absolute atomic E-state index is 0.0150. The van der Waals surface area contributed by atoms with Crippen molar-refractivity contribution >= 4 is 34.3 Å². The van der Waals surface area contributed by atoms with Gasteiger partial charge in [0.1, 0.15) is 10.9 Å². The van der Waals surface area contributed by atoms with Crippen molar-refractivity contribution in [3.05, 3.63) is 46.0 Å². The summed E-state index contributed by atoms with van der Waals surface area (Å²) in [6, 6.07) is 6.42. The predicted octanol–water partition coefficient (Wildman–Crippen LogP) is 3.30. The number of rotatable bonds is 5. The van der Waals surface area contributed by atoms with E-state index in [2.05, 4.69) is 20.5 Å². The number of benzene rings is 1. The van der Waals surface area contributed by atoms with Crippen molar-refractivity contribution in [2.75, 3.05) is 11.9 Å². The highest BCUT2D eigenvalue weighted by Gasteiger charge is 2.26. The van der Waals surface area contributed by atoms with Gasteiger partial charge in [-0.15, -0.1) is 5.11 Å². The fourth-order valence-electron chi connectivity index (χ4n) is 2.55. The topological polar surface area (TPSA) is 110 Å². The number of thiazole rings is 1. The van der Waals surface area contributed by atoms with Crippen LogP contribution in [0.25, 0.3) is 0 Å². The highest BCUT2D eigenvalue weighted by Crippen LogP contribution is 2.30. The minimum Gasteiger partial charge on any atom is -0.462 e. The monoisotopic (exact) mass is 372 g/mol. The smallest absolute Gasteiger partial charge is 0.350 e. The number of esters is 1. The molecule has 0 saturated heterocycles. The molecule has 0 fully saturated rings. The van der Waals surface area contributed by atoms with Crippen LogP contribution in [0, 0.1) is 6.92 Å². The van der Waals surface area contributed by atoms with Gasteiger partial charge >= 0.3 is 5.97 Å². The second-order valence-electron chi connectivity index (χ2n) is 5.53. The van der Waals surface area contributed by atoms with Crippen LogP contribution < -0.4 is 5.32 Å². The molecule has 26 heavy (non-hydrogen) atoms. The molecule has 3 rings (SSSR count). The minimum atomic E-state index is -0.533. The summed E-state index contributed by atoms with van der Waals surface area (Å²) in [6.07, 6.45) is 0.0150. The zero-order chi connectivity index (χ0) is 18.7. The highest BCUT2D eigenvalue weighted by atomic mass is 32.1. The Bertz CT molecular complexity index is 906. The van der Waals surface area contributed by atoms with Crippen molar-refractivity contribution in [1.29, 1.82) is 0 Å². The lowest BCUT2D eigenvalue weighted by atomic mass is 9.97. The Morgan fingerprint density at radius 2 is 2.08 bits per heavy atom. The van der Waals surface area contributed by atoms with E-state index in [4.69, 9.17) is 4.74 Å². The van der Waals surface area contributed by atoms with Crippen LogP contribution in [0.4, 0.5) is 5.13 Å². The largest absolute Gasteiger partial charge is 0.462 e. The molecule has 0 radical (unpaired) electrons. The number of anilines is 1. The van der Waals surface area contributed by atoms with Gasteiger partial charge in [0.2, 0.25) is 5.91 Å². The van der Waals surface area contributed by atoms with Gasteiger partial charge in [-0.05, 0) is 25.5 Å². The van der Waals surface area contributed by atoms with E-state index in [1.54, 1.807) is 38.1 Å². The maximum absolute atomic E-state index is 12.3. The molecule has 1 atom stereocenters. The molecule has 0 spiro atoms. The van der Waals surface area contributed by atoms with Crippen LogP contribution in [0.3, 0.4) is 0 Å². The first-order valence-electron chi connectivity index (χ1n) is 7.98. The van der Waals surface area contributed by atoms with Gasteiger partial charge in [0, 0.05) is 5.56 Å². The normalized spacial score (nSPS) is 15.5. The third-order valence-corrected chi connectivity index (χ3v) is 4.77. The Morgan fingerprint density at radius 1 is 1.31 bits per heavy atom. The number of hydrogen-bond acceptors (Lipinski definition) is 7. The first-order chi connectivity index (χ1) is 12.5. The lowest BCUT2D eigenvalue weighted by Gasteiger charge is -2.17. The molecule has 1 N–H and O–H groups in total. The molecule has 1 aromatic heterocycles. The molecule has 134 valence electrons. The van der Waals surface area contributed by atoms with Gasteiger partial charge in [-0.2, -0.15) is 5.11 Å². The molecule has 0 bridgehead atoms. The fourth-order valence-corrected chi connectivity index (χ4v) is 3.43. The van der Waals surface area contributed by atoms with Gasteiger partial charge in [0.25, 0.3) is 5.91 Å². The molecule has 2 amide bonds. The van der Waals surface area contributed by atoms with Crippen molar-refractivity contribution < 1.29 is 19.1 Å². The van der Waals surface area contributed by atoms with Crippen LogP contribution >= 0.6 is 11.3 Å². The Kier molecular flexibility index (Phi) is 5.17. The molecule has 8 nitrogen and oxygen atoms in total. The Balaban J connectivity index is 1.70. The number of amides is 2. The summed E-state index contributed by atoms with van der Waals surface area (Å²) in [7, 11) is 0. The van der Waals surface area contributed by atoms with Crippen LogP contribution in [-0.2, 0) is 9.53 Å². The number of aryl methyl sites for hydroxylation is 1. The van der Waals surface area contributed by atoms with Crippen LogP contribution in [0.5, 0.6) is 0 Å². The van der Waals surface area contributed by atoms with E-state index < -0.39 is 17.9 Å². The van der Waals surface area contributed by atoms with Crippen LogP contribution in [0.2, 0.25) is 0 Å². The standard InChI is InChI=1S/C17H16N4O4S/c1-3-25-16(24)14-9(2)18-17(26-14)19-13(22)8-12-10-6-4-5-7-11(10)15(23)21-20-12/h4-7,12H,3,8H2,1-2H3,(H,18,19,22). The van der Waals surface area contributed by atoms with Crippen LogP contribution in [-0.4, -0.2) is 29.4 Å². The average Bonchev–Trinajstić information content (AvgIpc) is 2.98. The van der Waals surface area contributed by atoms with Gasteiger partial charge in [-0.3, -0.25) is 9.59 Å². The lowest BCUT2D eigenvalue weighted by molar-refractivity contribution is -0.116. The first-order valence-corrected chi connectivity index (χ1v) is 8.79. The van der Waals surface area contributed by atoms with E-state index in [0.717, 1.165) is 11.3 Å². The molecular weight excluding hydrogens is 356 g/mol. The maximum atomic E-state index is 12.3. The third kappa shape index (κ3) is 3.67. The zero-order valence-electron chi connectivity index (χ0n) is 14.2. The van der Waals surface area contributed by atoms with E-state index in [1.165, 1.54) is 0 Å². The fraction of sp³-hybridized carbons (Fsp3) is 0.294.